The second kappa shape index (κ2) is 17.4. The maximum absolute atomic E-state index is 13.8. The molecular weight excluding hydrogens is 719 g/mol. The van der Waals surface area contributed by atoms with Crippen LogP contribution in [0.5, 0.6) is 0 Å². The van der Waals surface area contributed by atoms with E-state index in [-0.39, 0.29) is 23.6 Å². The van der Waals surface area contributed by atoms with Gasteiger partial charge in [-0.15, -0.1) is 0 Å². The van der Waals surface area contributed by atoms with E-state index in [9.17, 15) is 19.2 Å². The summed E-state index contributed by atoms with van der Waals surface area (Å²) in [5.74, 6) is 0.286. The van der Waals surface area contributed by atoms with Crippen LogP contribution in [0.3, 0.4) is 0 Å². The molecule has 1 aromatic heterocycles. The minimum absolute atomic E-state index is 0.0852. The van der Waals surface area contributed by atoms with Crippen molar-refractivity contribution in [3.05, 3.63) is 127 Å². The fourth-order valence-electron chi connectivity index (χ4n) is 7.95. The number of carbonyl (C=O) groups excluding carboxylic acids is 4. The van der Waals surface area contributed by atoms with E-state index in [4.69, 9.17) is 4.42 Å². The lowest BCUT2D eigenvalue weighted by Gasteiger charge is -2.31. The van der Waals surface area contributed by atoms with Crippen LogP contribution in [0, 0.1) is 0 Å². The van der Waals surface area contributed by atoms with Gasteiger partial charge in [-0.05, 0) is 107 Å². The number of nitrogens with one attached hydrogen (secondary N) is 2. The van der Waals surface area contributed by atoms with E-state index < -0.39 is 24.2 Å². The predicted molar refractivity (Wildman–Crippen MR) is 220 cm³/mol. The second-order valence-electron chi connectivity index (χ2n) is 15.1. The van der Waals surface area contributed by atoms with Crippen LogP contribution in [0.1, 0.15) is 48.9 Å². The second-order valence-corrected chi connectivity index (χ2v) is 15.1. The molecule has 2 aliphatic rings. The highest BCUT2D eigenvalue weighted by atomic mass is 16.4. The standard InChI is InChI=1S/C45H49N7O5/c1-49(2)39(31-14-7-5-8-15-31)44(55)51-26-12-20-36(51)41(53)47-34-24-22-30(23-25-34)38-29-46-43(57-38)33-18-11-19-35(28-33)48-42(54)37-21-13-27-52(37)45(56)40(50(3)4)32-16-9-6-10-17-32/h5-11,14-19,22-25,28-29,36-37,39-40H,12-13,20-21,26-27H2,1-4H3,(H,47,53)(H,48,54)/t36-,37-,39+,40+/m0/s1. The molecule has 294 valence electrons. The van der Waals surface area contributed by atoms with E-state index in [0.717, 1.165) is 29.5 Å². The zero-order valence-corrected chi connectivity index (χ0v) is 32.8. The molecule has 0 unspecified atom stereocenters. The van der Waals surface area contributed by atoms with Crippen molar-refractivity contribution >= 4 is 35.0 Å². The Bertz CT molecular complexity index is 2190. The number of carbonyl (C=O) groups is 4. The summed E-state index contributed by atoms with van der Waals surface area (Å²) in [6, 6.07) is 31.7. The average molecular weight is 768 g/mol. The van der Waals surface area contributed by atoms with E-state index in [2.05, 4.69) is 15.6 Å². The Balaban J connectivity index is 0.978. The summed E-state index contributed by atoms with van der Waals surface area (Å²) in [7, 11) is 7.50. The van der Waals surface area contributed by atoms with Crippen molar-refractivity contribution in [1.29, 1.82) is 0 Å². The fraction of sp³-hybridized carbons (Fsp3) is 0.311. The first-order valence-corrected chi connectivity index (χ1v) is 19.4. The topological polar surface area (TPSA) is 131 Å². The maximum atomic E-state index is 13.8. The number of amides is 4. The van der Waals surface area contributed by atoms with Gasteiger partial charge in [0.15, 0.2) is 5.76 Å². The number of hydrogen-bond acceptors (Lipinski definition) is 8. The minimum atomic E-state index is -0.580. The van der Waals surface area contributed by atoms with E-state index in [1.807, 2.05) is 123 Å². The molecule has 4 atom stereocenters. The monoisotopic (exact) mass is 767 g/mol. The molecule has 2 fully saturated rings. The van der Waals surface area contributed by atoms with Crippen molar-refractivity contribution in [1.82, 2.24) is 24.6 Å². The van der Waals surface area contributed by atoms with Crippen molar-refractivity contribution in [3.8, 4) is 22.8 Å². The molecule has 3 heterocycles. The van der Waals surface area contributed by atoms with Crippen LogP contribution in [0.2, 0.25) is 0 Å². The summed E-state index contributed by atoms with van der Waals surface area (Å²) < 4.78 is 6.16. The van der Waals surface area contributed by atoms with Crippen molar-refractivity contribution in [3.63, 3.8) is 0 Å². The Hall–Kier alpha value is -6.11. The number of aromatic nitrogens is 1. The van der Waals surface area contributed by atoms with E-state index in [1.165, 1.54) is 0 Å². The molecule has 0 aliphatic carbocycles. The van der Waals surface area contributed by atoms with Gasteiger partial charge in [0.1, 0.15) is 24.2 Å². The summed E-state index contributed by atoms with van der Waals surface area (Å²) in [6.45, 7) is 1.05. The summed E-state index contributed by atoms with van der Waals surface area (Å²) in [5.41, 5.74) is 4.41. The lowest BCUT2D eigenvalue weighted by atomic mass is 10.0. The predicted octanol–water partition coefficient (Wildman–Crippen LogP) is 6.47. The molecule has 57 heavy (non-hydrogen) atoms. The largest absolute Gasteiger partial charge is 0.436 e. The SMILES string of the molecule is CN(C)[C@@H](C(=O)N1CCC[C@H]1C(=O)Nc1ccc(-c2cnc(-c3cccc(NC(=O)[C@@H]4CCCN4C(=O)[C@@H](c4ccccc4)N(C)C)c3)o2)cc1)c1ccccc1. The van der Waals surface area contributed by atoms with Gasteiger partial charge in [0.2, 0.25) is 29.5 Å². The number of likely N-dealkylation sites (N-methyl/N-ethyl adjacent to an activating group) is 2. The molecule has 5 aromatic rings. The third-order valence-electron chi connectivity index (χ3n) is 10.7. The van der Waals surface area contributed by atoms with Crippen molar-refractivity contribution in [2.75, 3.05) is 51.9 Å². The maximum Gasteiger partial charge on any atom is 0.247 e. The van der Waals surface area contributed by atoms with Crippen LogP contribution in [-0.2, 0) is 19.2 Å². The zero-order valence-electron chi connectivity index (χ0n) is 32.8. The lowest BCUT2D eigenvalue weighted by molar-refractivity contribution is -0.141. The first-order chi connectivity index (χ1) is 27.6. The Morgan fingerprint density at radius 1 is 0.632 bits per heavy atom. The third kappa shape index (κ3) is 8.67. The van der Waals surface area contributed by atoms with Gasteiger partial charge in [-0.3, -0.25) is 29.0 Å². The molecule has 7 rings (SSSR count). The smallest absolute Gasteiger partial charge is 0.247 e. The zero-order chi connectivity index (χ0) is 40.1. The minimum Gasteiger partial charge on any atom is -0.436 e. The molecule has 12 nitrogen and oxygen atoms in total. The number of likely N-dealkylation sites (tertiary alicyclic amines) is 2. The molecule has 12 heteroatoms. The molecule has 4 aromatic carbocycles. The van der Waals surface area contributed by atoms with Gasteiger partial charge in [-0.2, -0.15) is 0 Å². The molecule has 2 N–H and O–H groups in total. The van der Waals surface area contributed by atoms with Crippen molar-refractivity contribution < 1.29 is 23.6 Å². The number of hydrogen-bond donors (Lipinski definition) is 2. The van der Waals surface area contributed by atoms with Crippen molar-refractivity contribution in [2.24, 2.45) is 0 Å². The van der Waals surface area contributed by atoms with Crippen LogP contribution in [-0.4, -0.2) is 102 Å². The Labute approximate surface area is 333 Å². The van der Waals surface area contributed by atoms with E-state index >= 15 is 0 Å². The van der Waals surface area contributed by atoms with Crippen LogP contribution in [0.4, 0.5) is 11.4 Å². The Morgan fingerprint density at radius 3 is 1.65 bits per heavy atom. The summed E-state index contributed by atoms with van der Waals surface area (Å²) in [6.07, 6.45) is 4.33. The highest BCUT2D eigenvalue weighted by molar-refractivity contribution is 5.99. The summed E-state index contributed by atoms with van der Waals surface area (Å²) in [5, 5.41) is 6.02. The number of oxazole rings is 1. The van der Waals surface area contributed by atoms with Gasteiger partial charge in [0, 0.05) is 35.6 Å². The molecule has 0 bridgehead atoms. The van der Waals surface area contributed by atoms with Gasteiger partial charge >= 0.3 is 0 Å². The lowest BCUT2D eigenvalue weighted by Crippen LogP contribution is -2.47. The van der Waals surface area contributed by atoms with Gasteiger partial charge in [-0.25, -0.2) is 4.98 Å². The van der Waals surface area contributed by atoms with Crippen LogP contribution < -0.4 is 10.6 Å². The number of nitrogens with zero attached hydrogens (tertiary/aromatic N) is 5. The molecule has 4 amide bonds. The molecule has 0 radical (unpaired) electrons. The summed E-state index contributed by atoms with van der Waals surface area (Å²) in [4.78, 5) is 66.3. The average Bonchev–Trinajstić information content (AvgIpc) is 4.01. The number of benzene rings is 4. The van der Waals surface area contributed by atoms with Crippen LogP contribution in [0.25, 0.3) is 22.8 Å². The van der Waals surface area contributed by atoms with Gasteiger partial charge < -0.3 is 24.9 Å². The first kappa shape index (κ1) is 39.1. The van der Waals surface area contributed by atoms with E-state index in [0.29, 0.717) is 54.5 Å². The highest BCUT2D eigenvalue weighted by Gasteiger charge is 2.40. The van der Waals surface area contributed by atoms with Crippen LogP contribution in [0.15, 0.2) is 120 Å². The molecular formula is C45H49N7O5. The Kier molecular flexibility index (Phi) is 11.9. The highest BCUT2D eigenvalue weighted by Crippen LogP contribution is 2.31. The normalized spacial score (nSPS) is 17.8. The van der Waals surface area contributed by atoms with Gasteiger partial charge in [0.05, 0.1) is 6.20 Å². The molecule has 0 spiro atoms. The molecule has 2 saturated heterocycles. The summed E-state index contributed by atoms with van der Waals surface area (Å²) >= 11 is 0. The molecule has 2 aliphatic heterocycles. The van der Waals surface area contributed by atoms with Crippen LogP contribution >= 0.6 is 0 Å². The quantitative estimate of drug-likeness (QED) is 0.148. The van der Waals surface area contributed by atoms with Gasteiger partial charge in [-0.1, -0.05) is 66.7 Å². The van der Waals surface area contributed by atoms with Gasteiger partial charge in [0.25, 0.3) is 0 Å². The fourth-order valence-corrected chi connectivity index (χ4v) is 7.95. The third-order valence-corrected chi connectivity index (χ3v) is 10.7. The number of rotatable bonds is 12. The van der Waals surface area contributed by atoms with E-state index in [1.54, 1.807) is 40.3 Å². The Morgan fingerprint density at radius 2 is 1.14 bits per heavy atom. The molecule has 0 saturated carbocycles. The number of anilines is 2. The first-order valence-electron chi connectivity index (χ1n) is 19.4. The van der Waals surface area contributed by atoms with Crippen molar-refractivity contribution in [2.45, 2.75) is 49.9 Å².